The van der Waals surface area contributed by atoms with Gasteiger partial charge in [0.2, 0.25) is 5.91 Å². The van der Waals surface area contributed by atoms with Gasteiger partial charge in [-0.15, -0.1) is 0 Å². The first kappa shape index (κ1) is 13.5. The third kappa shape index (κ3) is 3.79. The Bertz CT molecular complexity index is 569. The largest absolute Gasteiger partial charge is 0.389 e. The second-order valence-corrected chi connectivity index (χ2v) is 5.27. The number of hydrogen-bond acceptors (Lipinski definition) is 3. The maximum absolute atomic E-state index is 11.7. The van der Waals surface area contributed by atoms with Crippen LogP contribution >= 0.6 is 0 Å². The van der Waals surface area contributed by atoms with E-state index in [2.05, 4.69) is 10.3 Å². The van der Waals surface area contributed by atoms with Crippen molar-refractivity contribution >= 4 is 16.9 Å². The summed E-state index contributed by atoms with van der Waals surface area (Å²) in [6.07, 6.45) is 2.12. The van der Waals surface area contributed by atoms with E-state index < -0.39 is 5.60 Å². The zero-order valence-electron chi connectivity index (χ0n) is 11.3. The Kier molecular flexibility index (Phi) is 3.85. The number of carbonyl (C=O) groups excluding carboxylic acids is 1. The first-order chi connectivity index (χ1) is 8.96. The normalized spacial score (nSPS) is 11.7. The number of aryl methyl sites for hydroxylation is 1. The van der Waals surface area contributed by atoms with Crippen LogP contribution in [0.5, 0.6) is 0 Å². The van der Waals surface area contributed by atoms with Crippen molar-refractivity contribution in [3.05, 3.63) is 30.6 Å². The topological polar surface area (TPSA) is 67.2 Å². The lowest BCUT2D eigenvalue weighted by atomic mass is 10.1. The van der Waals surface area contributed by atoms with Crippen molar-refractivity contribution in [2.24, 2.45) is 0 Å². The molecule has 0 aliphatic heterocycles. The molecule has 0 aliphatic rings. The lowest BCUT2D eigenvalue weighted by Gasteiger charge is -2.17. The van der Waals surface area contributed by atoms with E-state index in [0.717, 1.165) is 11.0 Å². The van der Waals surface area contributed by atoms with Crippen molar-refractivity contribution in [1.29, 1.82) is 0 Å². The van der Waals surface area contributed by atoms with Crippen LogP contribution in [0, 0.1) is 0 Å². The molecule has 0 bridgehead atoms. The van der Waals surface area contributed by atoms with Crippen LogP contribution in [0.4, 0.5) is 0 Å². The van der Waals surface area contributed by atoms with Crippen LogP contribution < -0.4 is 5.32 Å². The second-order valence-electron chi connectivity index (χ2n) is 5.27. The molecule has 1 aromatic carbocycles. The number of nitrogens with zero attached hydrogens (tertiary/aromatic N) is 2. The van der Waals surface area contributed by atoms with Gasteiger partial charge in [-0.1, -0.05) is 12.1 Å². The summed E-state index contributed by atoms with van der Waals surface area (Å²) < 4.78 is 1.96. The lowest BCUT2D eigenvalue weighted by molar-refractivity contribution is -0.122. The molecule has 1 amide bonds. The molecule has 2 rings (SSSR count). The van der Waals surface area contributed by atoms with E-state index in [1.54, 1.807) is 20.2 Å². The van der Waals surface area contributed by atoms with Gasteiger partial charge in [0.15, 0.2) is 0 Å². The maximum atomic E-state index is 11.7. The van der Waals surface area contributed by atoms with Crippen LogP contribution in [0.1, 0.15) is 20.3 Å². The molecule has 2 N–H and O–H groups in total. The number of benzene rings is 1. The van der Waals surface area contributed by atoms with E-state index in [1.807, 2.05) is 28.8 Å². The Morgan fingerprint density at radius 1 is 1.42 bits per heavy atom. The number of carbonyl (C=O) groups is 1. The predicted octanol–water partition coefficient (Wildman–Crippen LogP) is 1.31. The molecule has 102 valence electrons. The molecular formula is C14H19N3O2. The monoisotopic (exact) mass is 261 g/mol. The summed E-state index contributed by atoms with van der Waals surface area (Å²) in [5, 5.41) is 12.2. The molecule has 0 aliphatic carbocycles. The number of aliphatic hydroxyl groups is 1. The number of fused-ring (bicyclic) bond motifs is 1. The van der Waals surface area contributed by atoms with E-state index in [9.17, 15) is 9.90 Å². The molecule has 1 heterocycles. The van der Waals surface area contributed by atoms with Gasteiger partial charge in [-0.05, 0) is 26.0 Å². The first-order valence-corrected chi connectivity index (χ1v) is 6.35. The molecule has 5 heteroatoms. The summed E-state index contributed by atoms with van der Waals surface area (Å²) in [5.41, 5.74) is 1.08. The highest BCUT2D eigenvalue weighted by Gasteiger charge is 2.13. The minimum atomic E-state index is -0.878. The fourth-order valence-electron chi connectivity index (χ4n) is 1.81. The van der Waals surface area contributed by atoms with E-state index in [0.29, 0.717) is 13.0 Å². The van der Waals surface area contributed by atoms with Crippen LogP contribution in [-0.4, -0.2) is 32.7 Å². The summed E-state index contributed by atoms with van der Waals surface area (Å²) in [4.78, 5) is 15.9. The average Bonchev–Trinajstić information content (AvgIpc) is 2.76. The van der Waals surface area contributed by atoms with Crippen molar-refractivity contribution in [2.75, 3.05) is 6.54 Å². The van der Waals surface area contributed by atoms with Crippen molar-refractivity contribution < 1.29 is 9.90 Å². The van der Waals surface area contributed by atoms with Crippen molar-refractivity contribution in [3.8, 4) is 0 Å². The molecule has 0 unspecified atom stereocenters. The second kappa shape index (κ2) is 5.40. The van der Waals surface area contributed by atoms with Gasteiger partial charge in [-0.2, -0.15) is 0 Å². The molecule has 0 fully saturated rings. The van der Waals surface area contributed by atoms with E-state index in [1.165, 1.54) is 0 Å². The maximum Gasteiger partial charge on any atom is 0.221 e. The molecule has 0 spiro atoms. The Morgan fingerprint density at radius 2 is 2.16 bits per heavy atom. The summed E-state index contributed by atoms with van der Waals surface area (Å²) in [6.45, 7) is 4.17. The number of nitrogens with one attached hydrogen (secondary N) is 1. The summed E-state index contributed by atoms with van der Waals surface area (Å²) in [7, 11) is 0. The number of aromatic nitrogens is 2. The van der Waals surface area contributed by atoms with Gasteiger partial charge >= 0.3 is 0 Å². The zero-order chi connectivity index (χ0) is 13.9. The molecule has 19 heavy (non-hydrogen) atoms. The zero-order valence-corrected chi connectivity index (χ0v) is 11.3. The van der Waals surface area contributed by atoms with Crippen molar-refractivity contribution in [1.82, 2.24) is 14.9 Å². The van der Waals surface area contributed by atoms with Gasteiger partial charge in [0.05, 0.1) is 23.0 Å². The Labute approximate surface area is 112 Å². The van der Waals surface area contributed by atoms with E-state index in [4.69, 9.17) is 0 Å². The number of rotatable bonds is 5. The minimum Gasteiger partial charge on any atom is -0.389 e. The predicted molar refractivity (Wildman–Crippen MR) is 73.7 cm³/mol. The Balaban J connectivity index is 1.90. The highest BCUT2D eigenvalue weighted by molar-refractivity contribution is 5.77. The fourth-order valence-corrected chi connectivity index (χ4v) is 1.81. The third-order valence-electron chi connectivity index (χ3n) is 2.83. The number of amides is 1. The molecule has 0 saturated carbocycles. The number of hydrogen-bond donors (Lipinski definition) is 2. The fraction of sp³-hybridized carbons (Fsp3) is 0.429. The Hall–Kier alpha value is -1.88. The Morgan fingerprint density at radius 3 is 2.89 bits per heavy atom. The van der Waals surface area contributed by atoms with Gasteiger partial charge in [0.25, 0.3) is 0 Å². The highest BCUT2D eigenvalue weighted by Crippen LogP contribution is 2.12. The number of para-hydroxylation sites is 2. The smallest absolute Gasteiger partial charge is 0.221 e. The van der Waals surface area contributed by atoms with Crippen molar-refractivity contribution in [3.63, 3.8) is 0 Å². The highest BCUT2D eigenvalue weighted by atomic mass is 16.3. The van der Waals surface area contributed by atoms with Crippen LogP contribution in [0.2, 0.25) is 0 Å². The molecular weight excluding hydrogens is 242 g/mol. The van der Waals surface area contributed by atoms with Crippen molar-refractivity contribution in [2.45, 2.75) is 32.4 Å². The van der Waals surface area contributed by atoms with Gasteiger partial charge in [-0.3, -0.25) is 4.79 Å². The molecule has 2 aromatic rings. The lowest BCUT2D eigenvalue weighted by Crippen LogP contribution is -2.38. The number of imidazole rings is 1. The van der Waals surface area contributed by atoms with E-state index >= 15 is 0 Å². The third-order valence-corrected chi connectivity index (χ3v) is 2.83. The summed E-state index contributed by atoms with van der Waals surface area (Å²) in [6, 6.07) is 7.82. The standard InChI is InChI=1S/C14H19N3O2/c1-14(2,19)9-15-13(18)7-8-17-10-16-11-5-3-4-6-12(11)17/h3-6,10,19H,7-9H2,1-2H3,(H,15,18). The van der Waals surface area contributed by atoms with Gasteiger partial charge < -0.3 is 15.0 Å². The van der Waals surface area contributed by atoms with Crippen LogP contribution in [-0.2, 0) is 11.3 Å². The van der Waals surface area contributed by atoms with E-state index in [-0.39, 0.29) is 12.5 Å². The molecule has 0 atom stereocenters. The summed E-state index contributed by atoms with van der Waals surface area (Å²) in [5.74, 6) is -0.0695. The van der Waals surface area contributed by atoms with Gasteiger partial charge in [0, 0.05) is 19.5 Å². The molecule has 1 aromatic heterocycles. The minimum absolute atomic E-state index is 0.0695. The average molecular weight is 261 g/mol. The quantitative estimate of drug-likeness (QED) is 0.853. The van der Waals surface area contributed by atoms with Gasteiger partial charge in [-0.25, -0.2) is 4.98 Å². The first-order valence-electron chi connectivity index (χ1n) is 6.35. The van der Waals surface area contributed by atoms with Crippen LogP contribution in [0.25, 0.3) is 11.0 Å². The molecule has 0 saturated heterocycles. The molecule has 0 radical (unpaired) electrons. The van der Waals surface area contributed by atoms with Crippen LogP contribution in [0.3, 0.4) is 0 Å². The SMILES string of the molecule is CC(C)(O)CNC(=O)CCn1cnc2ccccc21. The molecule has 5 nitrogen and oxygen atoms in total. The summed E-state index contributed by atoms with van der Waals surface area (Å²) >= 11 is 0. The van der Waals surface area contributed by atoms with Gasteiger partial charge in [0.1, 0.15) is 0 Å². The van der Waals surface area contributed by atoms with Crippen LogP contribution in [0.15, 0.2) is 30.6 Å².